The summed E-state index contributed by atoms with van der Waals surface area (Å²) in [6.45, 7) is 0.945. The van der Waals surface area contributed by atoms with Gasteiger partial charge in [0.2, 0.25) is 0 Å². The minimum Gasteiger partial charge on any atom is -0.476 e. The van der Waals surface area contributed by atoms with Crippen LogP contribution in [-0.4, -0.2) is 35.3 Å². The Morgan fingerprint density at radius 1 is 1.79 bits per heavy atom. The van der Waals surface area contributed by atoms with E-state index in [1.807, 2.05) is 0 Å². The molecule has 0 spiro atoms. The van der Waals surface area contributed by atoms with Gasteiger partial charge in [0.05, 0.1) is 6.54 Å². The van der Waals surface area contributed by atoms with Gasteiger partial charge in [-0.05, 0) is 6.42 Å². The van der Waals surface area contributed by atoms with E-state index in [9.17, 15) is 9.18 Å². The molecule has 1 aromatic heterocycles. The Balaban J connectivity index is 2.13. The summed E-state index contributed by atoms with van der Waals surface area (Å²) >= 11 is 1.24. The SMILES string of the molecule is O=C(O)c1csc(N2CC[C@H](F)C2)n1. The summed E-state index contributed by atoms with van der Waals surface area (Å²) in [5.74, 6) is -1.04. The molecule has 14 heavy (non-hydrogen) atoms. The fourth-order valence-corrected chi connectivity index (χ4v) is 2.24. The average Bonchev–Trinajstić information content (AvgIpc) is 2.70. The average molecular weight is 216 g/mol. The molecule has 0 aliphatic carbocycles. The van der Waals surface area contributed by atoms with Crippen molar-refractivity contribution in [3.05, 3.63) is 11.1 Å². The quantitative estimate of drug-likeness (QED) is 0.811. The van der Waals surface area contributed by atoms with E-state index in [0.717, 1.165) is 0 Å². The number of alkyl halides is 1. The first kappa shape index (κ1) is 9.39. The fraction of sp³-hybridized carbons (Fsp3) is 0.500. The molecule has 0 saturated carbocycles. The maximum Gasteiger partial charge on any atom is 0.355 e. The van der Waals surface area contributed by atoms with Crippen molar-refractivity contribution in [2.24, 2.45) is 0 Å². The van der Waals surface area contributed by atoms with Gasteiger partial charge in [-0.15, -0.1) is 11.3 Å². The monoisotopic (exact) mass is 216 g/mol. The molecular formula is C8H9FN2O2S. The number of aromatic nitrogens is 1. The molecule has 1 atom stereocenters. The fourth-order valence-electron chi connectivity index (χ4n) is 1.40. The van der Waals surface area contributed by atoms with E-state index in [4.69, 9.17) is 5.11 Å². The van der Waals surface area contributed by atoms with Gasteiger partial charge in [0.15, 0.2) is 10.8 Å². The summed E-state index contributed by atoms with van der Waals surface area (Å²) in [6, 6.07) is 0. The van der Waals surface area contributed by atoms with Gasteiger partial charge in [-0.25, -0.2) is 14.2 Å². The predicted molar refractivity (Wildman–Crippen MR) is 50.8 cm³/mol. The molecule has 0 bridgehead atoms. The number of carboxylic acid groups (broad SMARTS) is 1. The standard InChI is InChI=1S/C8H9FN2O2S/c9-5-1-2-11(3-5)8-10-6(4-14-8)7(12)13/h4-5H,1-3H2,(H,12,13)/t5-/m0/s1. The summed E-state index contributed by atoms with van der Waals surface area (Å²) < 4.78 is 12.8. The summed E-state index contributed by atoms with van der Waals surface area (Å²) in [4.78, 5) is 16.2. The van der Waals surface area contributed by atoms with Crippen molar-refractivity contribution < 1.29 is 14.3 Å². The van der Waals surface area contributed by atoms with Crippen molar-refractivity contribution in [3.8, 4) is 0 Å². The number of rotatable bonds is 2. The molecule has 1 aromatic rings. The highest BCUT2D eigenvalue weighted by Gasteiger charge is 2.24. The Morgan fingerprint density at radius 2 is 2.57 bits per heavy atom. The lowest BCUT2D eigenvalue weighted by Crippen LogP contribution is -2.19. The highest BCUT2D eigenvalue weighted by atomic mass is 32.1. The number of hydrogen-bond acceptors (Lipinski definition) is 4. The van der Waals surface area contributed by atoms with E-state index in [-0.39, 0.29) is 5.69 Å². The Bertz CT molecular complexity index is 355. The minimum atomic E-state index is -1.04. The third-order valence-electron chi connectivity index (χ3n) is 2.11. The van der Waals surface area contributed by atoms with Gasteiger partial charge >= 0.3 is 5.97 Å². The second-order valence-corrected chi connectivity index (χ2v) is 3.99. The predicted octanol–water partition coefficient (Wildman–Crippen LogP) is 1.39. The Morgan fingerprint density at radius 3 is 3.07 bits per heavy atom. The molecule has 1 aliphatic rings. The minimum absolute atomic E-state index is 0.0345. The Kier molecular flexibility index (Phi) is 2.37. The van der Waals surface area contributed by atoms with Crippen LogP contribution < -0.4 is 4.90 Å². The molecule has 0 amide bonds. The van der Waals surface area contributed by atoms with Crippen molar-refractivity contribution in [2.45, 2.75) is 12.6 Å². The number of carbonyl (C=O) groups is 1. The summed E-state index contributed by atoms with van der Waals surface area (Å²) in [5, 5.41) is 10.7. The zero-order valence-corrected chi connectivity index (χ0v) is 8.13. The highest BCUT2D eigenvalue weighted by Crippen LogP contribution is 2.25. The summed E-state index contributed by atoms with van der Waals surface area (Å²) in [7, 11) is 0. The largest absolute Gasteiger partial charge is 0.476 e. The Labute approximate surface area is 84.0 Å². The highest BCUT2D eigenvalue weighted by molar-refractivity contribution is 7.13. The van der Waals surface area contributed by atoms with Crippen molar-refractivity contribution in [2.75, 3.05) is 18.0 Å². The molecule has 1 N–H and O–H groups in total. The number of aromatic carboxylic acids is 1. The maximum absolute atomic E-state index is 12.8. The first-order valence-electron chi connectivity index (χ1n) is 4.24. The second-order valence-electron chi connectivity index (χ2n) is 3.15. The van der Waals surface area contributed by atoms with E-state index in [1.165, 1.54) is 16.7 Å². The second kappa shape index (κ2) is 3.53. The number of hydrogen-bond donors (Lipinski definition) is 1. The van der Waals surface area contributed by atoms with Crippen LogP contribution in [0.3, 0.4) is 0 Å². The summed E-state index contributed by atoms with van der Waals surface area (Å²) in [5.41, 5.74) is 0.0345. The van der Waals surface area contributed by atoms with Crippen LogP contribution >= 0.6 is 11.3 Å². The van der Waals surface area contributed by atoms with E-state index in [2.05, 4.69) is 4.98 Å². The molecule has 2 rings (SSSR count). The van der Waals surface area contributed by atoms with Crippen LogP contribution in [0, 0.1) is 0 Å². The molecule has 0 radical (unpaired) electrons. The van der Waals surface area contributed by atoms with Gasteiger partial charge in [0, 0.05) is 11.9 Å². The number of nitrogens with zero attached hydrogens (tertiary/aromatic N) is 2. The normalized spacial score (nSPS) is 21.5. The third kappa shape index (κ3) is 1.70. The Hall–Kier alpha value is -1.17. The lowest BCUT2D eigenvalue weighted by molar-refractivity contribution is 0.0691. The molecule has 76 valence electrons. The van der Waals surface area contributed by atoms with Gasteiger partial charge in [0.25, 0.3) is 0 Å². The van der Waals surface area contributed by atoms with Crippen LogP contribution in [0.15, 0.2) is 5.38 Å². The smallest absolute Gasteiger partial charge is 0.355 e. The van der Waals surface area contributed by atoms with E-state index < -0.39 is 12.1 Å². The zero-order valence-electron chi connectivity index (χ0n) is 7.31. The van der Waals surface area contributed by atoms with Crippen molar-refractivity contribution >= 4 is 22.4 Å². The van der Waals surface area contributed by atoms with Crippen LogP contribution in [0.25, 0.3) is 0 Å². The van der Waals surface area contributed by atoms with Crippen LogP contribution in [0.1, 0.15) is 16.9 Å². The first-order chi connectivity index (χ1) is 6.66. The van der Waals surface area contributed by atoms with Crippen LogP contribution in [0.4, 0.5) is 9.52 Å². The molecule has 1 fully saturated rings. The molecule has 0 aromatic carbocycles. The van der Waals surface area contributed by atoms with E-state index >= 15 is 0 Å². The maximum atomic E-state index is 12.8. The number of halogens is 1. The molecule has 4 nitrogen and oxygen atoms in total. The number of anilines is 1. The van der Waals surface area contributed by atoms with Crippen molar-refractivity contribution in [1.82, 2.24) is 4.98 Å². The van der Waals surface area contributed by atoms with Crippen molar-refractivity contribution in [3.63, 3.8) is 0 Å². The lowest BCUT2D eigenvalue weighted by Gasteiger charge is -2.11. The van der Waals surface area contributed by atoms with Crippen LogP contribution in [-0.2, 0) is 0 Å². The van der Waals surface area contributed by atoms with Gasteiger partial charge < -0.3 is 10.0 Å². The summed E-state index contributed by atoms with van der Waals surface area (Å²) in [6.07, 6.45) is -0.311. The number of carboxylic acids is 1. The third-order valence-corrected chi connectivity index (χ3v) is 3.01. The van der Waals surface area contributed by atoms with Gasteiger partial charge in [-0.2, -0.15) is 0 Å². The van der Waals surface area contributed by atoms with Crippen LogP contribution in [0.5, 0.6) is 0 Å². The topological polar surface area (TPSA) is 53.4 Å². The van der Waals surface area contributed by atoms with E-state index in [0.29, 0.717) is 24.6 Å². The molecular weight excluding hydrogens is 207 g/mol. The zero-order chi connectivity index (χ0) is 10.1. The first-order valence-corrected chi connectivity index (χ1v) is 5.12. The molecule has 1 saturated heterocycles. The number of thiazole rings is 1. The molecule has 0 unspecified atom stereocenters. The van der Waals surface area contributed by atoms with E-state index in [1.54, 1.807) is 4.90 Å². The van der Waals surface area contributed by atoms with Gasteiger partial charge in [0.1, 0.15) is 6.17 Å². The molecule has 6 heteroatoms. The lowest BCUT2D eigenvalue weighted by atomic mass is 10.3. The van der Waals surface area contributed by atoms with Gasteiger partial charge in [-0.3, -0.25) is 0 Å². The van der Waals surface area contributed by atoms with Gasteiger partial charge in [-0.1, -0.05) is 0 Å². The molecule has 2 heterocycles. The van der Waals surface area contributed by atoms with Crippen LogP contribution in [0.2, 0.25) is 0 Å². The van der Waals surface area contributed by atoms with Crippen molar-refractivity contribution in [1.29, 1.82) is 0 Å². The molecule has 1 aliphatic heterocycles.